The van der Waals surface area contributed by atoms with E-state index in [9.17, 15) is 23.4 Å². The van der Waals surface area contributed by atoms with Crippen molar-refractivity contribution >= 4 is 33.2 Å². The fourth-order valence-electron chi connectivity index (χ4n) is 4.73. The minimum absolute atomic E-state index is 0.0655. The van der Waals surface area contributed by atoms with Crippen molar-refractivity contribution in [2.75, 3.05) is 47.6 Å². The molecule has 2 fully saturated rings. The van der Waals surface area contributed by atoms with Gasteiger partial charge in [0.2, 0.25) is 0 Å². The van der Waals surface area contributed by atoms with Crippen molar-refractivity contribution in [3.63, 3.8) is 0 Å². The topological polar surface area (TPSA) is 145 Å². The Morgan fingerprint density at radius 1 is 0.974 bits per heavy atom. The molecule has 38 heavy (non-hydrogen) atoms. The van der Waals surface area contributed by atoms with E-state index in [0.29, 0.717) is 22.6 Å². The van der Waals surface area contributed by atoms with Gasteiger partial charge in [0.15, 0.2) is 14.9 Å². The van der Waals surface area contributed by atoms with Crippen LogP contribution in [-0.2, 0) is 9.84 Å². The highest BCUT2D eigenvalue weighted by molar-refractivity contribution is 7.91. The number of piperidine rings is 1. The summed E-state index contributed by atoms with van der Waals surface area (Å²) in [7, 11) is -3.63. The van der Waals surface area contributed by atoms with Gasteiger partial charge in [0.25, 0.3) is 5.91 Å². The van der Waals surface area contributed by atoms with E-state index in [4.69, 9.17) is 4.98 Å². The summed E-state index contributed by atoms with van der Waals surface area (Å²) in [5, 5.41) is 25.1. The van der Waals surface area contributed by atoms with Crippen LogP contribution in [0.4, 0.5) is 17.5 Å². The molecule has 1 amide bonds. The average Bonchev–Trinajstić information content (AvgIpc) is 3.61. The maximum Gasteiger partial charge on any atom is 0.260 e. The molecule has 1 saturated heterocycles. The molecule has 1 saturated carbocycles. The van der Waals surface area contributed by atoms with Crippen LogP contribution in [0.25, 0.3) is 0 Å². The van der Waals surface area contributed by atoms with Crippen LogP contribution in [-0.4, -0.2) is 72.1 Å². The summed E-state index contributed by atoms with van der Waals surface area (Å²) in [4.78, 5) is 24.5. The van der Waals surface area contributed by atoms with Crippen molar-refractivity contribution in [2.24, 2.45) is 10.8 Å². The van der Waals surface area contributed by atoms with Crippen LogP contribution in [0.3, 0.4) is 0 Å². The second-order valence-electron chi connectivity index (χ2n) is 12.2. The number of carbonyl (C=O) groups is 1. The molecule has 0 bridgehead atoms. The number of sulfone groups is 1. The lowest BCUT2D eigenvalue weighted by atomic mass is 9.93. The maximum absolute atomic E-state index is 13.4. The first-order valence-corrected chi connectivity index (χ1v) is 14.7. The highest BCUT2D eigenvalue weighted by Crippen LogP contribution is 2.54. The molecule has 0 aromatic carbocycles. The highest BCUT2D eigenvalue weighted by atomic mass is 32.2. The molecule has 1 spiro atoms. The van der Waals surface area contributed by atoms with Crippen LogP contribution in [0.15, 0.2) is 35.4 Å². The van der Waals surface area contributed by atoms with E-state index in [1.165, 1.54) is 18.9 Å². The second-order valence-corrected chi connectivity index (χ2v) is 14.1. The molecule has 0 unspecified atom stereocenters. The van der Waals surface area contributed by atoms with Gasteiger partial charge in [-0.15, -0.1) is 0 Å². The molecule has 2 aromatic heterocycles. The molecule has 1 aliphatic carbocycles. The Morgan fingerprint density at radius 2 is 1.63 bits per heavy atom. The third-order valence-electron chi connectivity index (χ3n) is 7.24. The van der Waals surface area contributed by atoms with Gasteiger partial charge >= 0.3 is 0 Å². The van der Waals surface area contributed by atoms with Gasteiger partial charge in [-0.3, -0.25) is 4.79 Å². The zero-order valence-corrected chi connectivity index (χ0v) is 23.4. The van der Waals surface area contributed by atoms with Crippen molar-refractivity contribution in [3.8, 4) is 0 Å². The maximum atomic E-state index is 13.4. The number of aromatic nitrogens is 2. The van der Waals surface area contributed by atoms with Crippen molar-refractivity contribution in [1.82, 2.24) is 9.97 Å². The van der Waals surface area contributed by atoms with Gasteiger partial charge in [-0.25, -0.2) is 18.4 Å². The minimum atomic E-state index is -3.63. The average molecular weight is 546 g/mol. The Kier molecular flexibility index (Phi) is 7.75. The predicted molar refractivity (Wildman–Crippen MR) is 147 cm³/mol. The molecule has 10 nitrogen and oxygen atoms in total. The number of rotatable bonds is 9. The Bertz CT molecular complexity index is 1270. The van der Waals surface area contributed by atoms with Crippen LogP contribution in [0.1, 0.15) is 63.7 Å². The molecule has 11 heteroatoms. The van der Waals surface area contributed by atoms with Crippen LogP contribution in [0.5, 0.6) is 0 Å². The summed E-state index contributed by atoms with van der Waals surface area (Å²) in [6, 6.07) is 7.84. The molecule has 4 N–H and O–H groups in total. The van der Waals surface area contributed by atoms with Crippen molar-refractivity contribution < 1.29 is 23.4 Å². The second kappa shape index (κ2) is 10.4. The van der Waals surface area contributed by atoms with Crippen LogP contribution >= 0.6 is 0 Å². The first kappa shape index (κ1) is 28.3. The number of anilines is 3. The van der Waals surface area contributed by atoms with Gasteiger partial charge in [-0.05, 0) is 67.7 Å². The Hall–Kier alpha value is -2.76. The van der Waals surface area contributed by atoms with E-state index < -0.39 is 26.7 Å². The van der Waals surface area contributed by atoms with E-state index in [2.05, 4.69) is 20.5 Å². The van der Waals surface area contributed by atoms with Gasteiger partial charge in [-0.1, -0.05) is 26.8 Å². The summed E-state index contributed by atoms with van der Waals surface area (Å²) in [5.41, 5.74) is -0.645. The first-order valence-electron chi connectivity index (χ1n) is 13.0. The van der Waals surface area contributed by atoms with Crippen LogP contribution in [0.2, 0.25) is 0 Å². The zero-order chi connectivity index (χ0) is 27.8. The summed E-state index contributed by atoms with van der Waals surface area (Å²) < 4.78 is 25.7. The molecule has 2 aromatic rings. The van der Waals surface area contributed by atoms with Gasteiger partial charge < -0.3 is 25.7 Å². The van der Waals surface area contributed by atoms with Gasteiger partial charge in [-0.2, -0.15) is 0 Å². The monoisotopic (exact) mass is 545 g/mol. The molecule has 208 valence electrons. The SMILES string of the molecule is CC(C)(C)CS(=O)(=O)c1cccc(NC(=O)c2ccc(NC(C)(CO)CO)nc2N2CCC3(CC2)CC3)n1. The predicted octanol–water partition coefficient (Wildman–Crippen LogP) is 3.08. The molecular formula is C27H39N5O5S. The number of carbonyl (C=O) groups excluding carboxylic acids is 1. The van der Waals surface area contributed by atoms with Crippen molar-refractivity contribution in [1.29, 1.82) is 0 Å². The largest absolute Gasteiger partial charge is 0.394 e. The molecule has 2 aliphatic rings. The quantitative estimate of drug-likeness (QED) is 0.373. The van der Waals surface area contributed by atoms with Gasteiger partial charge in [0, 0.05) is 13.1 Å². The zero-order valence-electron chi connectivity index (χ0n) is 22.6. The number of nitrogens with one attached hydrogen (secondary N) is 2. The molecule has 0 atom stereocenters. The molecular weight excluding hydrogens is 506 g/mol. The van der Waals surface area contributed by atoms with E-state index in [1.54, 1.807) is 31.2 Å². The molecule has 1 aliphatic heterocycles. The van der Waals surface area contributed by atoms with Crippen molar-refractivity contribution in [2.45, 2.75) is 63.9 Å². The lowest BCUT2D eigenvalue weighted by molar-refractivity contribution is 0.102. The lowest BCUT2D eigenvalue weighted by Gasteiger charge is -2.34. The van der Waals surface area contributed by atoms with E-state index in [-0.39, 0.29) is 29.8 Å². The van der Waals surface area contributed by atoms with Crippen molar-refractivity contribution in [3.05, 3.63) is 35.9 Å². The van der Waals surface area contributed by atoms with Gasteiger partial charge in [0.05, 0.1) is 30.1 Å². The van der Waals surface area contributed by atoms with E-state index >= 15 is 0 Å². The number of hydrogen-bond donors (Lipinski definition) is 4. The number of pyridine rings is 2. The third-order valence-corrected chi connectivity index (χ3v) is 9.35. The minimum Gasteiger partial charge on any atom is -0.394 e. The summed E-state index contributed by atoms with van der Waals surface area (Å²) >= 11 is 0. The number of hydrogen-bond acceptors (Lipinski definition) is 9. The van der Waals surface area contributed by atoms with Gasteiger partial charge in [0.1, 0.15) is 17.5 Å². The fourth-order valence-corrected chi connectivity index (χ4v) is 6.54. The van der Waals surface area contributed by atoms with Crippen LogP contribution < -0.4 is 15.5 Å². The fraction of sp³-hybridized carbons (Fsp3) is 0.593. The summed E-state index contributed by atoms with van der Waals surface area (Å²) in [6.45, 7) is 8.17. The first-order chi connectivity index (χ1) is 17.8. The lowest BCUT2D eigenvalue weighted by Crippen LogP contribution is -2.43. The third kappa shape index (κ3) is 6.62. The smallest absolute Gasteiger partial charge is 0.260 e. The Morgan fingerprint density at radius 3 is 2.21 bits per heavy atom. The highest BCUT2D eigenvalue weighted by Gasteiger charge is 2.45. The summed E-state index contributed by atoms with van der Waals surface area (Å²) in [5.74, 6) is 0.557. The summed E-state index contributed by atoms with van der Waals surface area (Å²) in [6.07, 6.45) is 4.56. The molecule has 4 rings (SSSR count). The molecule has 0 radical (unpaired) electrons. The number of aliphatic hydroxyl groups is 2. The standard InChI is InChI=1S/C27H39N5O5S/c1-25(2,3)18-38(36,37)22-7-5-6-20(28-22)30-24(35)19-8-9-21(31-26(4,16-33)17-34)29-23(19)32-14-12-27(10-11-27)13-15-32/h5-9,33-34H,10-18H2,1-4H3,(H,29,31)(H,28,30,35). The number of nitrogens with zero attached hydrogens (tertiary/aromatic N) is 3. The Labute approximate surface area is 224 Å². The number of amides is 1. The number of aliphatic hydroxyl groups excluding tert-OH is 2. The normalized spacial score (nSPS) is 17.4. The van der Waals surface area contributed by atoms with Crippen LogP contribution in [0, 0.1) is 10.8 Å². The molecule has 3 heterocycles. The van der Waals surface area contributed by atoms with E-state index in [1.807, 2.05) is 20.8 Å². The Balaban J connectivity index is 1.61. The van der Waals surface area contributed by atoms with E-state index in [0.717, 1.165) is 25.9 Å².